The van der Waals surface area contributed by atoms with E-state index in [9.17, 15) is 13.2 Å². The van der Waals surface area contributed by atoms with Gasteiger partial charge in [-0.05, 0) is 44.0 Å². The van der Waals surface area contributed by atoms with E-state index in [1.807, 2.05) is 44.6 Å². The molecule has 0 fully saturated rings. The first-order valence-corrected chi connectivity index (χ1v) is 10.4. The van der Waals surface area contributed by atoms with Crippen molar-refractivity contribution in [2.45, 2.75) is 38.9 Å². The molecule has 0 aliphatic rings. The van der Waals surface area contributed by atoms with Gasteiger partial charge in [-0.1, -0.05) is 35.5 Å². The molecule has 172 valence electrons. The van der Waals surface area contributed by atoms with E-state index in [1.165, 1.54) is 12.1 Å². The topological polar surface area (TPSA) is 68.8 Å². The number of alkyl halides is 3. The number of halogens is 3. The van der Waals surface area contributed by atoms with Crippen LogP contribution in [0.5, 0.6) is 0 Å². The lowest BCUT2D eigenvalue weighted by atomic mass is 9.83. The van der Waals surface area contributed by atoms with Gasteiger partial charge >= 0.3 is 6.18 Å². The number of benzene rings is 1. The number of hydrogen-bond donors (Lipinski definition) is 1. The van der Waals surface area contributed by atoms with Crippen molar-refractivity contribution < 1.29 is 17.7 Å². The van der Waals surface area contributed by atoms with Crippen LogP contribution in [-0.4, -0.2) is 32.9 Å². The van der Waals surface area contributed by atoms with Crippen molar-refractivity contribution in [1.29, 1.82) is 0 Å². The minimum Gasteiger partial charge on any atom is -0.373 e. The summed E-state index contributed by atoms with van der Waals surface area (Å²) in [6, 6.07) is 11.9. The first-order chi connectivity index (χ1) is 15.6. The van der Waals surface area contributed by atoms with Crippen LogP contribution in [0.25, 0.3) is 22.8 Å². The molecule has 0 amide bonds. The Kier molecular flexibility index (Phi) is 5.73. The van der Waals surface area contributed by atoms with E-state index in [-0.39, 0.29) is 5.56 Å². The van der Waals surface area contributed by atoms with Crippen LogP contribution in [0.4, 0.5) is 19.0 Å². The normalized spacial score (nSPS) is 12.2. The highest BCUT2D eigenvalue weighted by molar-refractivity contribution is 5.60. The van der Waals surface area contributed by atoms with E-state index in [0.29, 0.717) is 23.8 Å². The number of anilines is 1. The average Bonchev–Trinajstić information content (AvgIpc) is 3.41. The van der Waals surface area contributed by atoms with Gasteiger partial charge in [-0.2, -0.15) is 18.2 Å². The van der Waals surface area contributed by atoms with Crippen LogP contribution in [0.3, 0.4) is 0 Å². The van der Waals surface area contributed by atoms with Crippen molar-refractivity contribution in [1.82, 2.24) is 19.7 Å². The summed E-state index contributed by atoms with van der Waals surface area (Å²) in [5.74, 6) is 1.46. The summed E-state index contributed by atoms with van der Waals surface area (Å²) in [7, 11) is 1.82. The van der Waals surface area contributed by atoms with Gasteiger partial charge in [0.25, 0.3) is 5.89 Å². The van der Waals surface area contributed by atoms with Crippen molar-refractivity contribution in [2.24, 2.45) is 0 Å². The molecule has 9 heteroatoms. The molecule has 0 saturated carbocycles. The fourth-order valence-electron chi connectivity index (χ4n) is 3.42. The molecular formula is C24H24F3N5O. The Balaban J connectivity index is 1.53. The average molecular weight is 455 g/mol. The van der Waals surface area contributed by atoms with Gasteiger partial charge in [-0.15, -0.1) is 0 Å². The van der Waals surface area contributed by atoms with E-state index in [4.69, 9.17) is 4.52 Å². The Morgan fingerprint density at radius 3 is 2.36 bits per heavy atom. The first-order valence-electron chi connectivity index (χ1n) is 10.4. The second-order valence-electron chi connectivity index (χ2n) is 8.42. The van der Waals surface area contributed by atoms with Gasteiger partial charge in [0.15, 0.2) is 0 Å². The molecule has 33 heavy (non-hydrogen) atoms. The molecule has 1 aromatic carbocycles. The van der Waals surface area contributed by atoms with Crippen LogP contribution in [0.2, 0.25) is 0 Å². The molecule has 0 unspecified atom stereocenters. The lowest BCUT2D eigenvalue weighted by Crippen LogP contribution is -2.36. The Labute approximate surface area is 189 Å². The third-order valence-corrected chi connectivity index (χ3v) is 5.79. The number of pyridine rings is 1. The van der Waals surface area contributed by atoms with Gasteiger partial charge in [-0.3, -0.25) is 0 Å². The molecule has 4 rings (SSSR count). The predicted octanol–water partition coefficient (Wildman–Crippen LogP) is 5.84. The number of rotatable bonds is 6. The molecule has 0 spiro atoms. The highest BCUT2D eigenvalue weighted by atomic mass is 19.4. The van der Waals surface area contributed by atoms with E-state index in [1.54, 1.807) is 12.1 Å². The number of nitrogens with one attached hydrogen (secondary N) is 1. The van der Waals surface area contributed by atoms with E-state index in [0.717, 1.165) is 36.5 Å². The Morgan fingerprint density at radius 2 is 1.76 bits per heavy atom. The van der Waals surface area contributed by atoms with E-state index < -0.39 is 11.6 Å². The molecule has 0 atom stereocenters. The Bertz CT molecular complexity index is 1240. The van der Waals surface area contributed by atoms with Crippen LogP contribution >= 0.6 is 0 Å². The predicted molar refractivity (Wildman–Crippen MR) is 120 cm³/mol. The molecule has 0 bridgehead atoms. The van der Waals surface area contributed by atoms with Crippen LogP contribution in [0.15, 0.2) is 59.4 Å². The van der Waals surface area contributed by atoms with Crippen molar-refractivity contribution in [3.05, 3.63) is 71.7 Å². The highest BCUT2D eigenvalue weighted by Crippen LogP contribution is 2.40. The lowest BCUT2D eigenvalue weighted by molar-refractivity contribution is -0.180. The molecule has 3 aromatic heterocycles. The summed E-state index contributed by atoms with van der Waals surface area (Å²) in [5.41, 5.74) is 1.64. The third kappa shape index (κ3) is 4.48. The molecule has 0 aliphatic heterocycles. The number of hydrogen-bond acceptors (Lipinski definition) is 5. The zero-order valence-electron chi connectivity index (χ0n) is 18.7. The minimum atomic E-state index is -4.34. The fourth-order valence-corrected chi connectivity index (χ4v) is 3.42. The van der Waals surface area contributed by atoms with Crippen molar-refractivity contribution in [2.75, 3.05) is 12.4 Å². The van der Waals surface area contributed by atoms with Crippen molar-refractivity contribution in [3.8, 4) is 22.8 Å². The third-order valence-electron chi connectivity index (χ3n) is 5.79. The SMILES string of the molecule is CNc1ccc(Cn2cc(-c3nc(-c4ccc(C(C)(C)C(F)(F)F)cc4)no3)cc2C)cn1. The smallest absolute Gasteiger partial charge is 0.373 e. The zero-order chi connectivity index (χ0) is 23.8. The standard InChI is InChI=1S/C24H24F3N5O/c1-15-11-18(14-32(15)13-16-5-10-20(28-4)29-12-16)22-30-21(31-33-22)17-6-8-19(9-7-17)23(2,3)24(25,26)27/h5-12,14H,13H2,1-4H3,(H,28,29). The summed E-state index contributed by atoms with van der Waals surface area (Å²) in [6.07, 6.45) is -0.600. The maximum absolute atomic E-state index is 13.3. The fraction of sp³-hybridized carbons (Fsp3) is 0.292. The Hall–Kier alpha value is -3.62. The summed E-state index contributed by atoms with van der Waals surface area (Å²) in [4.78, 5) is 8.77. The van der Waals surface area contributed by atoms with Gasteiger partial charge in [-0.25, -0.2) is 4.98 Å². The highest BCUT2D eigenvalue weighted by Gasteiger charge is 2.48. The maximum Gasteiger partial charge on any atom is 0.397 e. The molecule has 1 N–H and O–H groups in total. The molecule has 0 radical (unpaired) electrons. The maximum atomic E-state index is 13.3. The molecular weight excluding hydrogens is 431 g/mol. The number of nitrogens with zero attached hydrogens (tertiary/aromatic N) is 4. The second-order valence-corrected chi connectivity index (χ2v) is 8.42. The van der Waals surface area contributed by atoms with Crippen LogP contribution < -0.4 is 5.32 Å². The van der Waals surface area contributed by atoms with Crippen LogP contribution in [-0.2, 0) is 12.0 Å². The van der Waals surface area contributed by atoms with Gasteiger partial charge in [0.2, 0.25) is 5.82 Å². The van der Waals surface area contributed by atoms with Gasteiger partial charge < -0.3 is 14.4 Å². The van der Waals surface area contributed by atoms with Crippen LogP contribution in [0.1, 0.15) is 30.7 Å². The number of aryl methyl sites for hydroxylation is 1. The minimum absolute atomic E-state index is 0.174. The molecule has 0 saturated heterocycles. The molecule has 4 aromatic rings. The summed E-state index contributed by atoms with van der Waals surface area (Å²) in [6.45, 7) is 4.94. The zero-order valence-corrected chi connectivity index (χ0v) is 18.7. The van der Waals surface area contributed by atoms with Gasteiger partial charge in [0.05, 0.1) is 11.0 Å². The van der Waals surface area contributed by atoms with Crippen LogP contribution in [0, 0.1) is 6.92 Å². The van der Waals surface area contributed by atoms with Crippen molar-refractivity contribution in [3.63, 3.8) is 0 Å². The Morgan fingerprint density at radius 1 is 1.03 bits per heavy atom. The quantitative estimate of drug-likeness (QED) is 0.396. The number of aromatic nitrogens is 4. The second kappa shape index (κ2) is 8.38. The van der Waals surface area contributed by atoms with Gasteiger partial charge in [0.1, 0.15) is 5.82 Å². The monoisotopic (exact) mass is 455 g/mol. The molecule has 3 heterocycles. The first kappa shape index (κ1) is 22.6. The van der Waals surface area contributed by atoms with E-state index >= 15 is 0 Å². The summed E-state index contributed by atoms with van der Waals surface area (Å²) >= 11 is 0. The van der Waals surface area contributed by atoms with Gasteiger partial charge in [0, 0.05) is 37.2 Å². The largest absolute Gasteiger partial charge is 0.397 e. The van der Waals surface area contributed by atoms with Crippen molar-refractivity contribution >= 4 is 5.82 Å². The summed E-state index contributed by atoms with van der Waals surface area (Å²) in [5, 5.41) is 7.00. The van der Waals surface area contributed by atoms with E-state index in [2.05, 4.69) is 25.0 Å². The molecule has 6 nitrogen and oxygen atoms in total. The molecule has 0 aliphatic carbocycles. The lowest BCUT2D eigenvalue weighted by Gasteiger charge is -2.28. The summed E-state index contributed by atoms with van der Waals surface area (Å²) < 4.78 is 47.4.